The molecule has 0 saturated heterocycles. The van der Waals surface area contributed by atoms with E-state index in [2.05, 4.69) is 10.6 Å². The summed E-state index contributed by atoms with van der Waals surface area (Å²) in [4.78, 5) is 40.0. The minimum atomic E-state index is -5.73. The maximum Gasteiger partial charge on any atom is 1.00 e. The molecular weight excluding hydrogens is 460 g/mol. The zero-order chi connectivity index (χ0) is 17.7. The Bertz CT molecular complexity index is 584. The molecule has 0 aromatic heterocycles. The van der Waals surface area contributed by atoms with Gasteiger partial charge in [-0.05, 0) is 18.4 Å². The number of aliphatic hydroxyl groups is 1. The number of anilines is 1. The van der Waals surface area contributed by atoms with Crippen molar-refractivity contribution in [1.29, 1.82) is 0 Å². The molecule has 0 bridgehead atoms. The third-order valence-electron chi connectivity index (χ3n) is 3.00. The van der Waals surface area contributed by atoms with E-state index in [0.29, 0.717) is 0 Å². The maximum absolute atomic E-state index is 11.1. The van der Waals surface area contributed by atoms with Crippen LogP contribution in [0.15, 0.2) is 30.3 Å². The van der Waals surface area contributed by atoms with Crippen molar-refractivity contribution in [2.45, 2.75) is 17.0 Å². The molecule has 157 valence electrons. The van der Waals surface area contributed by atoms with Gasteiger partial charge in [-0.1, -0.05) is 18.2 Å². The van der Waals surface area contributed by atoms with Crippen LogP contribution in [-0.4, -0.2) is 84.3 Å². The third kappa shape index (κ3) is 11.8. The molecule has 3 unspecified atom stereocenters. The fraction of sp³-hybridized carbons (Fsp3) is 0.455. The van der Waals surface area contributed by atoms with Crippen LogP contribution in [0.25, 0.3) is 0 Å². The molecule has 0 spiro atoms. The summed E-state index contributed by atoms with van der Waals surface area (Å²) in [6.07, 6.45) is 0.809. The molecule has 12 nitrogen and oxygen atoms in total. The molecule has 17 heteroatoms. The van der Waals surface area contributed by atoms with Crippen LogP contribution in [0.2, 0.25) is 0 Å². The van der Waals surface area contributed by atoms with Gasteiger partial charge < -0.3 is 55.6 Å². The summed E-state index contributed by atoms with van der Waals surface area (Å²) in [5.41, 5.74) is 0.346. The molecule has 0 fully saturated rings. The molecular formula is C11H24N2Na2O10P2S-. The van der Waals surface area contributed by atoms with Crippen LogP contribution in [0.5, 0.6) is 0 Å². The fourth-order valence-corrected chi connectivity index (χ4v) is 4.30. The number of benzene rings is 1. The first-order valence-electron chi connectivity index (χ1n) is 6.39. The van der Waals surface area contributed by atoms with Crippen LogP contribution in [0.3, 0.4) is 0 Å². The Morgan fingerprint density at radius 3 is 1.89 bits per heavy atom. The molecule has 1 radical (unpaired) electrons. The molecule has 0 aliphatic carbocycles. The Morgan fingerprint density at radius 2 is 1.54 bits per heavy atom. The molecule has 0 amide bonds. The number of para-hydroxylation sites is 1. The average molecular weight is 484 g/mol. The average Bonchev–Trinajstić information content (AvgIpc) is 2.44. The van der Waals surface area contributed by atoms with Crippen molar-refractivity contribution in [2.75, 3.05) is 18.1 Å². The summed E-state index contributed by atoms with van der Waals surface area (Å²) >= 11 is 1.31. The topological polar surface area (TPSA) is 260 Å². The standard InChI is InChI=1S/C11H20N2O7P2S.2Na.3H2O/c1-23-10(13-9-5-3-2-4-6-9)12-8-7-11(14,21(15,16)17)22(18,19)20;;;;;/h2-6,10,12-14H,7-8H2,1H3,(H2,15,16,17)(H2,18,19,20);;;3*1H2/q;;+1;;;/p-2. The molecule has 0 aliphatic heterocycles. The summed E-state index contributed by atoms with van der Waals surface area (Å²) in [5, 5.41) is 11.8. The number of nitrogens with one attached hydrogen (secondary N) is 2. The van der Waals surface area contributed by atoms with E-state index in [9.17, 15) is 24.0 Å². The molecule has 28 heavy (non-hydrogen) atoms. The first-order valence-corrected chi connectivity index (χ1v) is 10.8. The Labute approximate surface area is 211 Å². The quantitative estimate of drug-likeness (QED) is 0.126. The Kier molecular flexibility index (Phi) is 24.3. The van der Waals surface area contributed by atoms with E-state index in [4.69, 9.17) is 9.79 Å². The van der Waals surface area contributed by atoms with Crippen molar-refractivity contribution >= 4 is 62.2 Å². The van der Waals surface area contributed by atoms with Gasteiger partial charge in [-0.15, -0.1) is 11.8 Å². The Hall–Kier alpha value is 1.47. The van der Waals surface area contributed by atoms with Gasteiger partial charge >= 0.3 is 29.6 Å². The largest absolute Gasteiger partial charge is 1.00 e. The second kappa shape index (κ2) is 17.1. The van der Waals surface area contributed by atoms with Gasteiger partial charge in [0.05, 0.1) is 0 Å². The predicted molar refractivity (Wildman–Crippen MR) is 101 cm³/mol. The van der Waals surface area contributed by atoms with Crippen molar-refractivity contribution in [3.63, 3.8) is 0 Å². The van der Waals surface area contributed by atoms with Gasteiger partial charge in [0.15, 0.2) is 20.3 Å². The van der Waals surface area contributed by atoms with E-state index in [1.54, 1.807) is 30.5 Å². The third-order valence-corrected chi connectivity index (χ3v) is 7.53. The van der Waals surface area contributed by atoms with Crippen LogP contribution in [0.1, 0.15) is 6.42 Å². The molecule has 1 aromatic rings. The summed E-state index contributed by atoms with van der Waals surface area (Å²) in [5.74, 6) is 0. The first-order chi connectivity index (χ1) is 10.5. The van der Waals surface area contributed by atoms with Crippen LogP contribution < -0.4 is 50.0 Å². The van der Waals surface area contributed by atoms with Crippen LogP contribution in [0.4, 0.5) is 5.69 Å². The van der Waals surface area contributed by atoms with Crippen molar-refractivity contribution in [3.8, 4) is 0 Å². The van der Waals surface area contributed by atoms with Crippen molar-refractivity contribution in [3.05, 3.63) is 30.3 Å². The van der Waals surface area contributed by atoms with E-state index < -0.39 is 32.2 Å². The van der Waals surface area contributed by atoms with Crippen LogP contribution >= 0.6 is 27.0 Å². The van der Waals surface area contributed by atoms with Gasteiger partial charge in [0, 0.05) is 48.2 Å². The van der Waals surface area contributed by atoms with Gasteiger partial charge in [-0.3, -0.25) is 5.32 Å². The van der Waals surface area contributed by atoms with Gasteiger partial charge in [0.1, 0.15) is 5.50 Å². The minimum Gasteiger partial charge on any atom is -0.776 e. The SMILES string of the molecule is CSC(NCCC(O)(P(=O)([O-])O)P(=O)([O-])O)Nc1ccccc1.O.O.O.[Na+].[Na]. The maximum atomic E-state index is 11.1. The van der Waals surface area contributed by atoms with Crippen molar-refractivity contribution in [1.82, 2.24) is 5.32 Å². The zero-order valence-corrected chi connectivity index (χ0v) is 22.3. The number of hydrogen-bond donors (Lipinski definition) is 5. The van der Waals surface area contributed by atoms with Crippen molar-refractivity contribution in [2.24, 2.45) is 0 Å². The fourth-order valence-electron chi connectivity index (χ4n) is 1.69. The number of thioether (sulfide) groups is 1. The van der Waals surface area contributed by atoms with E-state index in [-0.39, 0.29) is 82.1 Å². The second-order valence-corrected chi connectivity index (χ2v) is 9.50. The van der Waals surface area contributed by atoms with Crippen LogP contribution in [-0.2, 0) is 9.13 Å². The Balaban J connectivity index is -0.000000353. The summed E-state index contributed by atoms with van der Waals surface area (Å²) in [7, 11) is -11.5. The molecule has 0 aliphatic rings. The summed E-state index contributed by atoms with van der Waals surface area (Å²) in [6, 6.07) is 9.02. The van der Waals surface area contributed by atoms with Crippen LogP contribution in [0, 0.1) is 0 Å². The normalized spacial score (nSPS) is 17.1. The van der Waals surface area contributed by atoms with Crippen molar-refractivity contribution < 1.29 is 79.8 Å². The molecule has 3 atom stereocenters. The predicted octanol–water partition coefficient (Wildman–Crippen LogP) is -6.39. The van der Waals surface area contributed by atoms with Gasteiger partial charge in [0.25, 0.3) is 0 Å². The Morgan fingerprint density at radius 1 is 1.11 bits per heavy atom. The number of hydrogen-bond acceptors (Lipinski definition) is 8. The second-order valence-electron chi connectivity index (χ2n) is 4.65. The van der Waals surface area contributed by atoms with E-state index >= 15 is 0 Å². The molecule has 11 N–H and O–H groups in total. The summed E-state index contributed by atoms with van der Waals surface area (Å²) < 4.78 is 22.2. The van der Waals surface area contributed by atoms with Gasteiger partial charge in [-0.2, -0.15) is 0 Å². The monoisotopic (exact) mass is 484 g/mol. The molecule has 1 aromatic carbocycles. The smallest absolute Gasteiger partial charge is 0.776 e. The number of rotatable bonds is 9. The molecule has 0 saturated carbocycles. The van der Waals surface area contributed by atoms with E-state index in [1.807, 2.05) is 6.07 Å². The van der Waals surface area contributed by atoms with E-state index in [0.717, 1.165) is 5.69 Å². The summed E-state index contributed by atoms with van der Waals surface area (Å²) in [6.45, 7) is -0.304. The van der Waals surface area contributed by atoms with E-state index in [1.165, 1.54) is 11.8 Å². The zero-order valence-electron chi connectivity index (χ0n) is 15.7. The van der Waals surface area contributed by atoms with Gasteiger partial charge in [-0.25, -0.2) is 0 Å². The first kappa shape index (κ1) is 39.9. The van der Waals surface area contributed by atoms with Gasteiger partial charge in [0.2, 0.25) is 0 Å². The minimum absolute atomic E-state index is 0. The molecule has 0 heterocycles. The molecule has 1 rings (SSSR count).